The van der Waals surface area contributed by atoms with Crippen LogP contribution in [0.1, 0.15) is 28.6 Å². The van der Waals surface area contributed by atoms with Crippen molar-refractivity contribution in [1.82, 2.24) is 0 Å². The number of aliphatic hydroxyl groups is 2. The summed E-state index contributed by atoms with van der Waals surface area (Å²) in [6.45, 7) is 0. The first-order valence-corrected chi connectivity index (χ1v) is 5.73. The molecule has 2 aromatic rings. The molecule has 0 aliphatic carbocycles. The van der Waals surface area contributed by atoms with Crippen LogP contribution in [0.15, 0.2) is 28.7 Å². The molecule has 0 aliphatic rings. The third-order valence-electron chi connectivity index (χ3n) is 2.84. The van der Waals surface area contributed by atoms with E-state index >= 15 is 0 Å². The van der Waals surface area contributed by atoms with Gasteiger partial charge in [0.25, 0.3) is 0 Å². The normalized spacial score (nSPS) is 14.1. The van der Waals surface area contributed by atoms with Crippen LogP contribution >= 0.6 is 0 Å². The molecule has 0 fully saturated rings. The zero-order valence-electron chi connectivity index (χ0n) is 10.2. The largest absolute Gasteiger partial charge is 0.481 e. The van der Waals surface area contributed by atoms with Gasteiger partial charge < -0.3 is 24.8 Å². The fraction of sp³-hybridized carbons (Fsp3) is 0.231. The fourth-order valence-electron chi connectivity index (χ4n) is 1.86. The van der Waals surface area contributed by atoms with E-state index in [4.69, 9.17) is 14.6 Å². The molecule has 0 amide bonds. The van der Waals surface area contributed by atoms with Gasteiger partial charge in [0.15, 0.2) is 0 Å². The quantitative estimate of drug-likeness (QED) is 0.643. The van der Waals surface area contributed by atoms with Gasteiger partial charge in [-0.15, -0.1) is 0 Å². The highest BCUT2D eigenvalue weighted by atomic mass is 16.4. The highest BCUT2D eigenvalue weighted by Crippen LogP contribution is 2.26. The number of aromatic carboxylic acids is 1. The van der Waals surface area contributed by atoms with Crippen molar-refractivity contribution in [2.45, 2.75) is 18.6 Å². The minimum Gasteiger partial charge on any atom is -0.481 e. The number of benzene rings is 1. The summed E-state index contributed by atoms with van der Waals surface area (Å²) in [5, 5.41) is 37.2. The average Bonchev–Trinajstić information content (AvgIpc) is 2.79. The van der Waals surface area contributed by atoms with E-state index in [0.29, 0.717) is 11.0 Å². The van der Waals surface area contributed by atoms with E-state index in [9.17, 15) is 19.8 Å². The molecule has 0 spiro atoms. The minimum absolute atomic E-state index is 0.238. The Morgan fingerprint density at radius 1 is 1.15 bits per heavy atom. The molecule has 2 unspecified atom stereocenters. The molecule has 4 N–H and O–H groups in total. The van der Waals surface area contributed by atoms with Gasteiger partial charge in [-0.3, -0.25) is 4.79 Å². The number of fused-ring (bicyclic) bond motifs is 1. The first kappa shape index (κ1) is 14.0. The number of carbonyl (C=O) groups is 2. The maximum atomic E-state index is 10.8. The van der Waals surface area contributed by atoms with E-state index in [2.05, 4.69) is 0 Å². The zero-order valence-corrected chi connectivity index (χ0v) is 10.2. The summed E-state index contributed by atoms with van der Waals surface area (Å²) in [5.41, 5.74) is 0.607. The van der Waals surface area contributed by atoms with Gasteiger partial charge in [-0.1, -0.05) is 6.07 Å². The van der Waals surface area contributed by atoms with Crippen LogP contribution in [0.5, 0.6) is 0 Å². The molecule has 1 aromatic carbocycles. The van der Waals surface area contributed by atoms with Gasteiger partial charge >= 0.3 is 11.9 Å². The van der Waals surface area contributed by atoms with E-state index in [1.807, 2.05) is 0 Å². The maximum absolute atomic E-state index is 10.8. The van der Waals surface area contributed by atoms with Crippen molar-refractivity contribution in [1.29, 1.82) is 0 Å². The lowest BCUT2D eigenvalue weighted by molar-refractivity contribution is -0.141. The Morgan fingerprint density at radius 2 is 1.85 bits per heavy atom. The van der Waals surface area contributed by atoms with Crippen molar-refractivity contribution in [3.8, 4) is 0 Å². The highest BCUT2D eigenvalue weighted by molar-refractivity contribution is 5.91. The molecule has 106 valence electrons. The van der Waals surface area contributed by atoms with Gasteiger partial charge in [-0.2, -0.15) is 0 Å². The molecule has 0 radical (unpaired) electrons. The Hall–Kier alpha value is -2.38. The minimum atomic E-state index is -1.45. The number of hydrogen-bond acceptors (Lipinski definition) is 5. The predicted octanol–water partition coefficient (Wildman–Crippen LogP) is 1.00. The van der Waals surface area contributed by atoms with E-state index in [0.717, 1.165) is 0 Å². The van der Waals surface area contributed by atoms with Gasteiger partial charge in [0.2, 0.25) is 5.76 Å². The lowest BCUT2D eigenvalue weighted by atomic mass is 10.0. The molecule has 0 aliphatic heterocycles. The van der Waals surface area contributed by atoms with E-state index in [1.165, 1.54) is 24.3 Å². The van der Waals surface area contributed by atoms with Gasteiger partial charge in [-0.25, -0.2) is 4.79 Å². The SMILES string of the molecule is O=C(O)CC(O)C(O)c1ccc2oc(C(=O)O)cc2c1. The van der Waals surface area contributed by atoms with E-state index < -0.39 is 30.6 Å². The summed E-state index contributed by atoms with van der Waals surface area (Å²) < 4.78 is 5.05. The second-order valence-electron chi connectivity index (χ2n) is 4.32. The summed E-state index contributed by atoms with van der Waals surface area (Å²) in [7, 11) is 0. The molecule has 2 rings (SSSR count). The molecule has 1 heterocycles. The molecule has 2 atom stereocenters. The van der Waals surface area contributed by atoms with Crippen LogP contribution in [0.2, 0.25) is 0 Å². The fourth-order valence-corrected chi connectivity index (χ4v) is 1.86. The van der Waals surface area contributed by atoms with Crippen molar-refractivity contribution in [2.24, 2.45) is 0 Å². The van der Waals surface area contributed by atoms with Crippen LogP contribution in [-0.2, 0) is 4.79 Å². The molecule has 7 heteroatoms. The number of aliphatic hydroxyl groups excluding tert-OH is 2. The van der Waals surface area contributed by atoms with Gasteiger partial charge in [0, 0.05) is 5.39 Å². The zero-order chi connectivity index (χ0) is 14.9. The number of carboxylic acids is 2. The van der Waals surface area contributed by atoms with Crippen molar-refractivity contribution < 1.29 is 34.4 Å². The molecule has 0 bridgehead atoms. The van der Waals surface area contributed by atoms with Crippen LogP contribution in [0.25, 0.3) is 11.0 Å². The molecular formula is C13H12O7. The summed E-state index contributed by atoms with van der Waals surface area (Å²) in [6.07, 6.45) is -3.42. The summed E-state index contributed by atoms with van der Waals surface area (Å²) in [4.78, 5) is 21.3. The summed E-state index contributed by atoms with van der Waals surface area (Å²) >= 11 is 0. The lowest BCUT2D eigenvalue weighted by Crippen LogP contribution is -2.21. The number of hydrogen-bond donors (Lipinski definition) is 4. The molecule has 20 heavy (non-hydrogen) atoms. The Balaban J connectivity index is 2.31. The summed E-state index contributed by atoms with van der Waals surface area (Å²) in [6, 6.07) is 5.62. The van der Waals surface area contributed by atoms with E-state index in [-0.39, 0.29) is 11.3 Å². The molecule has 1 aromatic heterocycles. The molecular weight excluding hydrogens is 268 g/mol. The van der Waals surface area contributed by atoms with Crippen LogP contribution in [0.4, 0.5) is 0 Å². The number of rotatable bonds is 5. The topological polar surface area (TPSA) is 128 Å². The second-order valence-corrected chi connectivity index (χ2v) is 4.32. The first-order valence-electron chi connectivity index (χ1n) is 5.73. The Morgan fingerprint density at radius 3 is 2.45 bits per heavy atom. The highest BCUT2D eigenvalue weighted by Gasteiger charge is 2.22. The van der Waals surface area contributed by atoms with Crippen LogP contribution < -0.4 is 0 Å². The standard InChI is InChI=1S/C13H12O7/c14-8(5-11(15)16)12(17)6-1-2-9-7(3-6)4-10(20-9)13(18)19/h1-4,8,12,14,17H,5H2,(H,15,16)(H,18,19). The van der Waals surface area contributed by atoms with Gasteiger partial charge in [-0.05, 0) is 23.8 Å². The number of carboxylic acid groups (broad SMARTS) is 2. The van der Waals surface area contributed by atoms with Crippen molar-refractivity contribution in [2.75, 3.05) is 0 Å². The monoisotopic (exact) mass is 280 g/mol. The number of furan rings is 1. The predicted molar refractivity (Wildman–Crippen MR) is 66.4 cm³/mol. The molecule has 0 saturated heterocycles. The third kappa shape index (κ3) is 2.79. The maximum Gasteiger partial charge on any atom is 0.371 e. The lowest BCUT2D eigenvalue weighted by Gasteiger charge is -2.16. The van der Waals surface area contributed by atoms with Crippen molar-refractivity contribution in [3.05, 3.63) is 35.6 Å². The van der Waals surface area contributed by atoms with E-state index in [1.54, 1.807) is 0 Å². The first-order chi connectivity index (χ1) is 9.38. The Labute approximate surface area is 112 Å². The third-order valence-corrected chi connectivity index (χ3v) is 2.84. The van der Waals surface area contributed by atoms with Crippen LogP contribution in [-0.4, -0.2) is 38.5 Å². The molecule has 0 saturated carbocycles. The van der Waals surface area contributed by atoms with Crippen molar-refractivity contribution >= 4 is 22.9 Å². The second kappa shape index (κ2) is 5.32. The Kier molecular flexibility index (Phi) is 3.73. The van der Waals surface area contributed by atoms with Crippen molar-refractivity contribution in [3.63, 3.8) is 0 Å². The summed E-state index contributed by atoms with van der Waals surface area (Å²) in [5.74, 6) is -2.68. The van der Waals surface area contributed by atoms with Crippen LogP contribution in [0.3, 0.4) is 0 Å². The van der Waals surface area contributed by atoms with Crippen LogP contribution in [0, 0.1) is 0 Å². The van der Waals surface area contributed by atoms with Gasteiger partial charge in [0.05, 0.1) is 12.5 Å². The molecule has 7 nitrogen and oxygen atoms in total. The van der Waals surface area contributed by atoms with Gasteiger partial charge in [0.1, 0.15) is 11.7 Å². The Bertz CT molecular complexity index is 658. The smallest absolute Gasteiger partial charge is 0.371 e. The number of aliphatic carboxylic acids is 1. The average molecular weight is 280 g/mol.